The molecule has 0 unspecified atom stereocenters. The number of nitrogens with one attached hydrogen (secondary N) is 1. The zero-order valence-electron chi connectivity index (χ0n) is 13.5. The summed E-state index contributed by atoms with van der Waals surface area (Å²) in [5, 5.41) is 4.01. The van der Waals surface area contributed by atoms with Crippen LogP contribution in [-0.2, 0) is 6.54 Å². The third-order valence-electron chi connectivity index (χ3n) is 3.45. The van der Waals surface area contributed by atoms with Gasteiger partial charge < -0.3 is 14.8 Å². The lowest BCUT2D eigenvalue weighted by Gasteiger charge is -2.15. The summed E-state index contributed by atoms with van der Waals surface area (Å²) in [7, 11) is 1.60. The fourth-order valence-electron chi connectivity index (χ4n) is 2.31. The second-order valence-corrected chi connectivity index (χ2v) is 5.62. The van der Waals surface area contributed by atoms with Crippen LogP contribution in [0.3, 0.4) is 0 Å². The van der Waals surface area contributed by atoms with E-state index in [0.717, 1.165) is 11.3 Å². The molecule has 2 rings (SSSR count). The van der Waals surface area contributed by atoms with Crippen molar-refractivity contribution < 1.29 is 9.47 Å². The normalized spacial score (nSPS) is 10.4. The van der Waals surface area contributed by atoms with Gasteiger partial charge in [-0.1, -0.05) is 23.7 Å². The number of halogens is 1. The third kappa shape index (κ3) is 3.86. The van der Waals surface area contributed by atoms with E-state index < -0.39 is 0 Å². The standard InChI is InChI=1S/C18H22ClNO2/c1-5-22-17-10-14(9-15(19)18(17)21-4)11-20-16-8-12(2)6-7-13(16)3/h6-10,20H,5,11H2,1-4H3. The molecule has 0 saturated carbocycles. The number of benzene rings is 2. The van der Waals surface area contributed by atoms with Gasteiger partial charge in [0.25, 0.3) is 0 Å². The topological polar surface area (TPSA) is 30.5 Å². The number of methoxy groups -OCH3 is 1. The molecule has 0 aromatic heterocycles. The molecule has 0 spiro atoms. The lowest BCUT2D eigenvalue weighted by Crippen LogP contribution is -2.03. The van der Waals surface area contributed by atoms with Gasteiger partial charge in [-0.3, -0.25) is 0 Å². The summed E-state index contributed by atoms with van der Waals surface area (Å²) in [5.41, 5.74) is 4.63. The molecule has 0 aliphatic heterocycles. The number of hydrogen-bond donors (Lipinski definition) is 1. The molecule has 0 radical (unpaired) electrons. The molecular weight excluding hydrogens is 298 g/mol. The van der Waals surface area contributed by atoms with E-state index >= 15 is 0 Å². The van der Waals surface area contributed by atoms with Crippen LogP contribution in [0.1, 0.15) is 23.6 Å². The van der Waals surface area contributed by atoms with Crippen molar-refractivity contribution in [3.63, 3.8) is 0 Å². The van der Waals surface area contributed by atoms with E-state index in [0.29, 0.717) is 29.7 Å². The van der Waals surface area contributed by atoms with Gasteiger partial charge >= 0.3 is 0 Å². The Morgan fingerprint density at radius 3 is 2.59 bits per heavy atom. The predicted molar refractivity (Wildman–Crippen MR) is 92.4 cm³/mol. The van der Waals surface area contributed by atoms with Crippen LogP contribution in [-0.4, -0.2) is 13.7 Å². The van der Waals surface area contributed by atoms with Crippen molar-refractivity contribution in [2.75, 3.05) is 19.0 Å². The molecule has 22 heavy (non-hydrogen) atoms. The smallest absolute Gasteiger partial charge is 0.179 e. The molecule has 4 heteroatoms. The van der Waals surface area contributed by atoms with Gasteiger partial charge in [-0.15, -0.1) is 0 Å². The van der Waals surface area contributed by atoms with Crippen LogP contribution in [0.25, 0.3) is 0 Å². The van der Waals surface area contributed by atoms with E-state index in [-0.39, 0.29) is 0 Å². The van der Waals surface area contributed by atoms with E-state index in [1.54, 1.807) is 7.11 Å². The minimum Gasteiger partial charge on any atom is -0.491 e. The van der Waals surface area contributed by atoms with E-state index in [4.69, 9.17) is 21.1 Å². The fourth-order valence-corrected chi connectivity index (χ4v) is 2.62. The Bertz CT molecular complexity index is 656. The van der Waals surface area contributed by atoms with Gasteiger partial charge in [0.15, 0.2) is 11.5 Å². The molecule has 0 saturated heterocycles. The van der Waals surface area contributed by atoms with Gasteiger partial charge in [0, 0.05) is 12.2 Å². The van der Waals surface area contributed by atoms with Crippen molar-refractivity contribution in [3.05, 3.63) is 52.0 Å². The Labute approximate surface area is 137 Å². The monoisotopic (exact) mass is 319 g/mol. The fraction of sp³-hybridized carbons (Fsp3) is 0.333. The zero-order chi connectivity index (χ0) is 16.1. The Kier molecular flexibility index (Phi) is 5.56. The van der Waals surface area contributed by atoms with Gasteiger partial charge in [-0.2, -0.15) is 0 Å². The van der Waals surface area contributed by atoms with Crippen LogP contribution in [0.4, 0.5) is 5.69 Å². The van der Waals surface area contributed by atoms with Gasteiger partial charge in [-0.25, -0.2) is 0 Å². The summed E-state index contributed by atoms with van der Waals surface area (Å²) in [6, 6.07) is 10.2. The predicted octanol–water partition coefficient (Wildman–Crippen LogP) is 4.98. The van der Waals surface area contributed by atoms with Crippen molar-refractivity contribution in [1.82, 2.24) is 0 Å². The second kappa shape index (κ2) is 7.41. The highest BCUT2D eigenvalue weighted by Crippen LogP contribution is 2.36. The zero-order valence-corrected chi connectivity index (χ0v) is 14.3. The lowest BCUT2D eigenvalue weighted by atomic mass is 10.1. The number of anilines is 1. The molecule has 3 nitrogen and oxygen atoms in total. The van der Waals surface area contributed by atoms with Gasteiger partial charge in [0.1, 0.15) is 0 Å². The van der Waals surface area contributed by atoms with Crippen LogP contribution in [0.5, 0.6) is 11.5 Å². The molecule has 0 aliphatic rings. The second-order valence-electron chi connectivity index (χ2n) is 5.21. The van der Waals surface area contributed by atoms with Crippen LogP contribution in [0.2, 0.25) is 5.02 Å². The van der Waals surface area contributed by atoms with E-state index in [1.165, 1.54) is 11.1 Å². The minimum atomic E-state index is 0.561. The molecule has 1 N–H and O–H groups in total. The van der Waals surface area contributed by atoms with E-state index in [9.17, 15) is 0 Å². The van der Waals surface area contributed by atoms with E-state index in [1.807, 2.05) is 19.1 Å². The largest absolute Gasteiger partial charge is 0.491 e. The lowest BCUT2D eigenvalue weighted by molar-refractivity contribution is 0.310. The molecular formula is C18H22ClNO2. The number of rotatable bonds is 6. The Balaban J connectivity index is 2.21. The summed E-state index contributed by atoms with van der Waals surface area (Å²) < 4.78 is 10.9. The van der Waals surface area contributed by atoms with Gasteiger partial charge in [0.2, 0.25) is 0 Å². The molecule has 2 aromatic carbocycles. The maximum Gasteiger partial charge on any atom is 0.179 e. The summed E-state index contributed by atoms with van der Waals surface area (Å²) in [6.45, 7) is 7.36. The first-order valence-electron chi connectivity index (χ1n) is 7.35. The minimum absolute atomic E-state index is 0.561. The van der Waals surface area contributed by atoms with Crippen molar-refractivity contribution in [2.24, 2.45) is 0 Å². The molecule has 0 amide bonds. The Morgan fingerprint density at radius 2 is 1.91 bits per heavy atom. The SMILES string of the molecule is CCOc1cc(CNc2cc(C)ccc2C)cc(Cl)c1OC. The first kappa shape index (κ1) is 16.5. The molecule has 118 valence electrons. The van der Waals surface area contributed by atoms with Gasteiger partial charge in [-0.05, 0) is 55.7 Å². The summed E-state index contributed by atoms with van der Waals surface area (Å²) in [6.07, 6.45) is 0. The van der Waals surface area contributed by atoms with Crippen molar-refractivity contribution in [3.8, 4) is 11.5 Å². The summed E-state index contributed by atoms with van der Waals surface area (Å²) in [4.78, 5) is 0. The first-order valence-corrected chi connectivity index (χ1v) is 7.73. The highest BCUT2D eigenvalue weighted by Gasteiger charge is 2.11. The highest BCUT2D eigenvalue weighted by molar-refractivity contribution is 6.32. The van der Waals surface area contributed by atoms with Crippen molar-refractivity contribution >= 4 is 17.3 Å². The molecule has 0 fully saturated rings. The van der Waals surface area contributed by atoms with Crippen LogP contribution in [0, 0.1) is 13.8 Å². The molecule has 0 atom stereocenters. The Hall–Kier alpha value is -1.87. The number of aryl methyl sites for hydroxylation is 2. The number of ether oxygens (including phenoxy) is 2. The average molecular weight is 320 g/mol. The molecule has 0 aliphatic carbocycles. The van der Waals surface area contributed by atoms with E-state index in [2.05, 4.69) is 37.4 Å². The first-order chi connectivity index (χ1) is 10.5. The maximum absolute atomic E-state index is 6.28. The van der Waals surface area contributed by atoms with Crippen LogP contribution in [0.15, 0.2) is 30.3 Å². The number of hydrogen-bond acceptors (Lipinski definition) is 3. The molecule has 0 heterocycles. The maximum atomic E-state index is 6.28. The quantitative estimate of drug-likeness (QED) is 0.814. The Morgan fingerprint density at radius 1 is 1.14 bits per heavy atom. The summed E-state index contributed by atoms with van der Waals surface area (Å²) in [5.74, 6) is 1.26. The molecule has 0 bridgehead atoms. The molecule has 2 aromatic rings. The average Bonchev–Trinajstić information content (AvgIpc) is 2.48. The van der Waals surface area contributed by atoms with Crippen molar-refractivity contribution in [1.29, 1.82) is 0 Å². The third-order valence-corrected chi connectivity index (χ3v) is 3.73. The van der Waals surface area contributed by atoms with Gasteiger partial charge in [0.05, 0.1) is 18.7 Å². The highest BCUT2D eigenvalue weighted by atomic mass is 35.5. The van der Waals surface area contributed by atoms with Crippen LogP contribution < -0.4 is 14.8 Å². The summed E-state index contributed by atoms with van der Waals surface area (Å²) >= 11 is 6.28. The van der Waals surface area contributed by atoms with Crippen LogP contribution >= 0.6 is 11.6 Å². The van der Waals surface area contributed by atoms with Crippen molar-refractivity contribution in [2.45, 2.75) is 27.3 Å².